The fourth-order valence-electron chi connectivity index (χ4n) is 3.38. The molecule has 0 spiro atoms. The summed E-state index contributed by atoms with van der Waals surface area (Å²) in [5.41, 5.74) is 6.16. The van der Waals surface area contributed by atoms with Crippen molar-refractivity contribution in [2.75, 3.05) is 0 Å². The van der Waals surface area contributed by atoms with Crippen molar-refractivity contribution in [3.8, 4) is 5.75 Å². The highest BCUT2D eigenvalue weighted by atomic mass is 19.1. The van der Waals surface area contributed by atoms with E-state index < -0.39 is 35.5 Å². The first-order valence-corrected chi connectivity index (χ1v) is 9.20. The molecule has 0 heterocycles. The van der Waals surface area contributed by atoms with Crippen LogP contribution in [0.25, 0.3) is 0 Å². The Morgan fingerprint density at radius 1 is 0.900 bits per heavy atom. The summed E-state index contributed by atoms with van der Waals surface area (Å²) in [6, 6.07) is 14.9. The number of benzene rings is 3. The van der Waals surface area contributed by atoms with Crippen LogP contribution < -0.4 is 5.73 Å². The van der Waals surface area contributed by atoms with Crippen molar-refractivity contribution < 1.29 is 23.5 Å². The first kappa shape index (κ1) is 21.0. The molecule has 2 atom stereocenters. The Labute approximate surface area is 172 Å². The number of nitrogens with two attached hydrogens (primary N) is 1. The summed E-state index contributed by atoms with van der Waals surface area (Å²) >= 11 is 0. The summed E-state index contributed by atoms with van der Waals surface area (Å²) in [6.07, 6.45) is 0. The van der Waals surface area contributed by atoms with Crippen LogP contribution in [-0.4, -0.2) is 21.8 Å². The lowest BCUT2D eigenvalue weighted by atomic mass is 9.97. The van der Waals surface area contributed by atoms with Crippen molar-refractivity contribution in [3.05, 3.63) is 101 Å². The number of aromatic hydroxyl groups is 1. The number of hydrogen-bond acceptors (Lipinski definition) is 3. The Balaban J connectivity index is 2.18. The van der Waals surface area contributed by atoms with Crippen molar-refractivity contribution in [1.82, 2.24) is 4.90 Å². The molecule has 0 aliphatic heterocycles. The molecule has 7 heteroatoms. The monoisotopic (exact) mass is 410 g/mol. The minimum absolute atomic E-state index is 0.0663. The molecule has 0 aliphatic carbocycles. The molecule has 0 saturated carbocycles. The van der Waals surface area contributed by atoms with Gasteiger partial charge in [-0.15, -0.1) is 0 Å². The molecule has 0 bridgehead atoms. The van der Waals surface area contributed by atoms with Gasteiger partial charge >= 0.3 is 0 Å². The molecule has 0 aromatic heterocycles. The largest absolute Gasteiger partial charge is 0.507 e. The molecule has 0 fully saturated rings. The Hall–Kier alpha value is -3.74. The lowest BCUT2D eigenvalue weighted by molar-refractivity contribution is -0.123. The quantitative estimate of drug-likeness (QED) is 0.642. The van der Waals surface area contributed by atoms with Gasteiger partial charge in [0.25, 0.3) is 5.91 Å². The van der Waals surface area contributed by atoms with Gasteiger partial charge in [0.2, 0.25) is 5.91 Å². The van der Waals surface area contributed by atoms with E-state index in [1.165, 1.54) is 19.1 Å². The summed E-state index contributed by atoms with van der Waals surface area (Å²) in [5.74, 6) is -3.46. The maximum Gasteiger partial charge on any atom is 0.259 e. The topological polar surface area (TPSA) is 83.6 Å². The van der Waals surface area contributed by atoms with Crippen LogP contribution in [0.15, 0.2) is 72.8 Å². The van der Waals surface area contributed by atoms with E-state index >= 15 is 0 Å². The summed E-state index contributed by atoms with van der Waals surface area (Å²) in [7, 11) is 0. The molecule has 0 saturated heterocycles. The van der Waals surface area contributed by atoms with Crippen LogP contribution in [0.4, 0.5) is 8.78 Å². The third-order valence-corrected chi connectivity index (χ3v) is 4.82. The van der Waals surface area contributed by atoms with Gasteiger partial charge in [-0.3, -0.25) is 9.59 Å². The zero-order valence-electron chi connectivity index (χ0n) is 16.1. The van der Waals surface area contributed by atoms with Crippen LogP contribution in [0.3, 0.4) is 0 Å². The SMILES string of the molecule is C[C@H](c1cc(F)cc(F)c1)N(C(=O)c1ccccc1O)[C@@H](C(N)=O)c1ccccc1. The third-order valence-electron chi connectivity index (χ3n) is 4.82. The van der Waals surface area contributed by atoms with E-state index in [-0.39, 0.29) is 16.9 Å². The molecule has 5 nitrogen and oxygen atoms in total. The second-order valence-electron chi connectivity index (χ2n) is 6.82. The number of phenolic OH excluding ortho intramolecular Hbond substituents is 1. The normalized spacial score (nSPS) is 12.8. The molecule has 3 rings (SSSR count). The lowest BCUT2D eigenvalue weighted by Gasteiger charge is -2.35. The average Bonchev–Trinajstić information content (AvgIpc) is 2.71. The van der Waals surface area contributed by atoms with Crippen molar-refractivity contribution in [2.24, 2.45) is 5.73 Å². The number of primary amides is 1. The Kier molecular flexibility index (Phi) is 6.11. The Bertz CT molecular complexity index is 1050. The van der Waals surface area contributed by atoms with Gasteiger partial charge < -0.3 is 15.7 Å². The summed E-state index contributed by atoms with van der Waals surface area (Å²) in [6.45, 7) is 1.53. The summed E-state index contributed by atoms with van der Waals surface area (Å²) < 4.78 is 27.7. The first-order valence-electron chi connectivity index (χ1n) is 9.20. The summed E-state index contributed by atoms with van der Waals surface area (Å²) in [5, 5.41) is 10.2. The molecule has 2 amide bonds. The maximum atomic E-state index is 13.8. The highest BCUT2D eigenvalue weighted by Crippen LogP contribution is 2.34. The van der Waals surface area contributed by atoms with E-state index in [0.29, 0.717) is 11.6 Å². The minimum Gasteiger partial charge on any atom is -0.507 e. The lowest BCUT2D eigenvalue weighted by Crippen LogP contribution is -2.43. The van der Waals surface area contributed by atoms with Gasteiger partial charge in [0.05, 0.1) is 11.6 Å². The van der Waals surface area contributed by atoms with E-state index in [4.69, 9.17) is 5.73 Å². The number of para-hydroxylation sites is 1. The third kappa shape index (κ3) is 4.30. The maximum absolute atomic E-state index is 13.8. The van der Waals surface area contributed by atoms with E-state index in [2.05, 4.69) is 0 Å². The minimum atomic E-state index is -1.24. The molecule has 154 valence electrons. The Morgan fingerprint density at radius 3 is 2.03 bits per heavy atom. The van der Waals surface area contributed by atoms with E-state index in [9.17, 15) is 23.5 Å². The number of nitrogens with zero attached hydrogens (tertiary/aromatic N) is 1. The van der Waals surface area contributed by atoms with Crippen molar-refractivity contribution in [2.45, 2.75) is 19.0 Å². The van der Waals surface area contributed by atoms with Gasteiger partial charge in [0, 0.05) is 6.07 Å². The van der Waals surface area contributed by atoms with E-state index in [1.54, 1.807) is 42.5 Å². The van der Waals surface area contributed by atoms with Gasteiger partial charge in [-0.05, 0) is 42.3 Å². The number of halogens is 2. The molecule has 3 N–H and O–H groups in total. The molecule has 30 heavy (non-hydrogen) atoms. The molecular weight excluding hydrogens is 390 g/mol. The second-order valence-corrected chi connectivity index (χ2v) is 6.82. The van der Waals surface area contributed by atoms with Gasteiger partial charge in [0.15, 0.2) is 0 Å². The van der Waals surface area contributed by atoms with Crippen molar-refractivity contribution >= 4 is 11.8 Å². The van der Waals surface area contributed by atoms with Crippen molar-refractivity contribution in [3.63, 3.8) is 0 Å². The number of rotatable bonds is 6. The highest BCUT2D eigenvalue weighted by molar-refractivity contribution is 6.00. The molecule has 0 aliphatic rings. The van der Waals surface area contributed by atoms with E-state index in [0.717, 1.165) is 17.0 Å². The molecule has 0 radical (unpaired) electrons. The van der Waals surface area contributed by atoms with Gasteiger partial charge in [-0.25, -0.2) is 8.78 Å². The summed E-state index contributed by atoms with van der Waals surface area (Å²) in [4.78, 5) is 27.0. The van der Waals surface area contributed by atoms with Crippen LogP contribution in [0.5, 0.6) is 5.75 Å². The fourth-order valence-corrected chi connectivity index (χ4v) is 3.38. The number of carbonyl (C=O) groups excluding carboxylic acids is 2. The number of amides is 2. The van der Waals surface area contributed by atoms with Crippen LogP contribution in [0, 0.1) is 11.6 Å². The first-order chi connectivity index (χ1) is 14.3. The highest BCUT2D eigenvalue weighted by Gasteiger charge is 2.35. The standard InChI is InChI=1S/C23H20F2N2O3/c1-14(16-11-17(24)13-18(25)12-16)27(23(30)19-9-5-6-10-20(19)28)21(22(26)29)15-7-3-2-4-8-15/h2-14,21,28H,1H3,(H2,26,29)/t14-,21-/m1/s1. The van der Waals surface area contributed by atoms with Crippen molar-refractivity contribution in [1.29, 1.82) is 0 Å². The molecule has 3 aromatic carbocycles. The molecule has 3 aromatic rings. The predicted molar refractivity (Wildman–Crippen MR) is 107 cm³/mol. The molecular formula is C23H20F2N2O3. The number of carbonyl (C=O) groups is 2. The van der Waals surface area contributed by atoms with Crippen LogP contribution in [-0.2, 0) is 4.79 Å². The average molecular weight is 410 g/mol. The number of hydrogen-bond donors (Lipinski definition) is 2. The van der Waals surface area contributed by atoms with Crippen LogP contribution >= 0.6 is 0 Å². The predicted octanol–water partition coefficient (Wildman–Crippen LogP) is 4.10. The van der Waals surface area contributed by atoms with E-state index in [1.807, 2.05) is 0 Å². The smallest absolute Gasteiger partial charge is 0.259 e. The second kappa shape index (κ2) is 8.73. The zero-order chi connectivity index (χ0) is 21.8. The van der Waals surface area contributed by atoms with Gasteiger partial charge in [0.1, 0.15) is 23.4 Å². The van der Waals surface area contributed by atoms with Gasteiger partial charge in [-0.2, -0.15) is 0 Å². The fraction of sp³-hybridized carbons (Fsp3) is 0.130. The molecule has 0 unspecified atom stereocenters. The zero-order valence-corrected chi connectivity index (χ0v) is 16.1. The Morgan fingerprint density at radius 2 is 1.47 bits per heavy atom. The van der Waals surface area contributed by atoms with Gasteiger partial charge in [-0.1, -0.05) is 42.5 Å². The van der Waals surface area contributed by atoms with Crippen LogP contribution in [0.1, 0.15) is 40.5 Å². The number of phenols is 1. The van der Waals surface area contributed by atoms with Crippen LogP contribution in [0.2, 0.25) is 0 Å².